The predicted molar refractivity (Wildman–Crippen MR) is 91.2 cm³/mol. The average Bonchev–Trinajstić information content (AvgIpc) is 3.05. The quantitative estimate of drug-likeness (QED) is 0.917. The van der Waals surface area contributed by atoms with Gasteiger partial charge in [-0.1, -0.05) is 0 Å². The topological polar surface area (TPSA) is 67.2 Å². The fraction of sp³-hybridized carbons (Fsp3) is 0.375. The lowest BCUT2D eigenvalue weighted by molar-refractivity contribution is 0.207. The zero-order chi connectivity index (χ0) is 16.4. The highest BCUT2D eigenvalue weighted by molar-refractivity contribution is 7.86. The number of urea groups is 1. The molecule has 2 heterocycles. The van der Waals surface area contributed by atoms with Gasteiger partial charge in [-0.3, -0.25) is 4.21 Å². The first-order valence-electron chi connectivity index (χ1n) is 7.50. The van der Waals surface area contributed by atoms with Crippen LogP contribution in [0.5, 0.6) is 0 Å². The molecule has 1 aromatic carbocycles. The Bertz CT molecular complexity index is 710. The summed E-state index contributed by atoms with van der Waals surface area (Å²) in [5.41, 5.74) is 1.66. The molecule has 0 saturated carbocycles. The van der Waals surface area contributed by atoms with Gasteiger partial charge in [0.05, 0.1) is 10.4 Å². The Kier molecular flexibility index (Phi) is 4.21. The summed E-state index contributed by atoms with van der Waals surface area (Å²) in [6, 6.07) is 9.21. The Morgan fingerprint density at radius 2 is 2.04 bits per heavy atom. The first-order valence-corrected chi connectivity index (χ1v) is 8.82. The van der Waals surface area contributed by atoms with E-state index in [2.05, 4.69) is 10.4 Å². The molecule has 0 spiro atoms. The summed E-state index contributed by atoms with van der Waals surface area (Å²) in [6.45, 7) is 4.88. The molecule has 2 aromatic rings. The highest BCUT2D eigenvalue weighted by Gasteiger charge is 2.35. The van der Waals surface area contributed by atoms with Gasteiger partial charge in [0, 0.05) is 47.7 Å². The maximum Gasteiger partial charge on any atom is 0.321 e. The average molecular weight is 332 g/mol. The van der Waals surface area contributed by atoms with Crippen molar-refractivity contribution in [3.05, 3.63) is 42.7 Å². The minimum Gasteiger partial charge on any atom is -0.322 e. The minimum absolute atomic E-state index is 0.151. The monoisotopic (exact) mass is 332 g/mol. The number of nitrogens with zero attached hydrogens (tertiary/aromatic N) is 3. The van der Waals surface area contributed by atoms with Gasteiger partial charge in [-0.25, -0.2) is 9.48 Å². The fourth-order valence-corrected chi connectivity index (χ4v) is 3.81. The van der Waals surface area contributed by atoms with E-state index >= 15 is 0 Å². The van der Waals surface area contributed by atoms with Crippen LogP contribution in [0.15, 0.2) is 42.7 Å². The molecular weight excluding hydrogens is 312 g/mol. The summed E-state index contributed by atoms with van der Waals surface area (Å²) < 4.78 is 13.3. The number of carbonyl (C=O) groups is 1. The van der Waals surface area contributed by atoms with E-state index in [4.69, 9.17) is 0 Å². The lowest BCUT2D eigenvalue weighted by Gasteiger charge is -2.37. The molecule has 6 nitrogen and oxygen atoms in total. The first kappa shape index (κ1) is 15.7. The van der Waals surface area contributed by atoms with E-state index in [9.17, 15) is 9.00 Å². The molecule has 1 aliphatic rings. The molecule has 1 aliphatic heterocycles. The van der Waals surface area contributed by atoms with Crippen LogP contribution in [0.3, 0.4) is 0 Å². The summed E-state index contributed by atoms with van der Waals surface area (Å²) in [4.78, 5) is 14.1. The number of carbonyl (C=O) groups excluding carboxylic acids is 1. The van der Waals surface area contributed by atoms with Gasteiger partial charge < -0.3 is 10.2 Å². The number of amides is 2. The van der Waals surface area contributed by atoms with Gasteiger partial charge in [0.15, 0.2) is 0 Å². The Morgan fingerprint density at radius 3 is 2.65 bits per heavy atom. The van der Waals surface area contributed by atoms with Crippen molar-refractivity contribution in [2.75, 3.05) is 24.2 Å². The van der Waals surface area contributed by atoms with Crippen LogP contribution in [0.1, 0.15) is 13.8 Å². The van der Waals surface area contributed by atoms with E-state index in [0.29, 0.717) is 18.8 Å². The zero-order valence-corrected chi connectivity index (χ0v) is 14.0. The smallest absolute Gasteiger partial charge is 0.321 e. The second-order valence-corrected chi connectivity index (χ2v) is 8.36. The number of anilines is 1. The minimum atomic E-state index is -0.886. The molecule has 1 N–H and O–H groups in total. The molecule has 0 unspecified atom stereocenters. The Morgan fingerprint density at radius 1 is 1.30 bits per heavy atom. The first-order chi connectivity index (χ1) is 11.0. The van der Waals surface area contributed by atoms with Crippen LogP contribution in [0, 0.1) is 0 Å². The Labute approximate surface area is 137 Å². The largest absolute Gasteiger partial charge is 0.322 e. The molecule has 122 valence electrons. The van der Waals surface area contributed by atoms with Crippen LogP contribution in [0.25, 0.3) is 5.69 Å². The summed E-state index contributed by atoms with van der Waals surface area (Å²) in [5.74, 6) is 0.526. The highest BCUT2D eigenvalue weighted by atomic mass is 32.2. The van der Waals surface area contributed by atoms with E-state index in [1.165, 1.54) is 0 Å². The number of nitrogens with one attached hydrogen (secondary N) is 1. The van der Waals surface area contributed by atoms with Crippen LogP contribution in [-0.2, 0) is 10.8 Å². The van der Waals surface area contributed by atoms with Crippen LogP contribution in [0.2, 0.25) is 0 Å². The number of hydrogen-bond donors (Lipinski definition) is 1. The van der Waals surface area contributed by atoms with E-state index in [-0.39, 0.29) is 10.8 Å². The van der Waals surface area contributed by atoms with Gasteiger partial charge in [0.2, 0.25) is 0 Å². The molecule has 7 heteroatoms. The van der Waals surface area contributed by atoms with Crippen molar-refractivity contribution in [2.24, 2.45) is 0 Å². The van der Waals surface area contributed by atoms with Gasteiger partial charge in [-0.2, -0.15) is 5.10 Å². The van der Waals surface area contributed by atoms with Gasteiger partial charge >= 0.3 is 6.03 Å². The van der Waals surface area contributed by atoms with Crippen LogP contribution in [0.4, 0.5) is 10.5 Å². The van der Waals surface area contributed by atoms with Crippen LogP contribution in [-0.4, -0.2) is 48.5 Å². The summed E-state index contributed by atoms with van der Waals surface area (Å²) in [7, 11) is -0.886. The van der Waals surface area contributed by atoms with E-state index in [0.717, 1.165) is 11.4 Å². The molecule has 1 atom stereocenters. The molecule has 1 saturated heterocycles. The number of aromatic nitrogens is 2. The maximum absolute atomic E-state index is 12.4. The molecule has 0 bridgehead atoms. The summed E-state index contributed by atoms with van der Waals surface area (Å²) >= 11 is 0. The van der Waals surface area contributed by atoms with Crippen molar-refractivity contribution >= 4 is 22.5 Å². The summed E-state index contributed by atoms with van der Waals surface area (Å²) in [5, 5.41) is 7.06. The third-order valence-corrected chi connectivity index (χ3v) is 5.82. The molecule has 1 fully saturated rings. The van der Waals surface area contributed by atoms with Crippen molar-refractivity contribution in [3.63, 3.8) is 0 Å². The number of hydrogen-bond acceptors (Lipinski definition) is 3. The number of rotatable bonds is 2. The predicted octanol–water partition coefficient (Wildman–Crippen LogP) is 2.25. The maximum atomic E-state index is 12.4. The molecule has 3 rings (SSSR count). The molecule has 0 radical (unpaired) electrons. The third-order valence-electron chi connectivity index (χ3n) is 3.91. The standard InChI is InChI=1S/C16H20N4O2S/c1-16(2)12-19(10-11-23(16)22)15(21)18-13-4-6-14(7-5-13)20-9-3-8-17-20/h3-9H,10-12H2,1-2H3,(H,18,21)/t23-/m1/s1. The molecule has 23 heavy (non-hydrogen) atoms. The Balaban J connectivity index is 1.65. The SMILES string of the molecule is CC1(C)CN(C(=O)Nc2ccc(-n3cccn3)cc2)CC[S@]1=O. The van der Waals surface area contributed by atoms with E-state index < -0.39 is 10.8 Å². The van der Waals surface area contributed by atoms with Crippen LogP contribution >= 0.6 is 0 Å². The van der Waals surface area contributed by atoms with Gasteiger partial charge in [0.25, 0.3) is 0 Å². The number of benzene rings is 1. The molecule has 1 aromatic heterocycles. The van der Waals surface area contributed by atoms with Gasteiger partial charge in [-0.15, -0.1) is 0 Å². The lowest BCUT2D eigenvalue weighted by Crippen LogP contribution is -2.53. The van der Waals surface area contributed by atoms with E-state index in [1.54, 1.807) is 15.8 Å². The fourth-order valence-electron chi connectivity index (χ4n) is 2.58. The van der Waals surface area contributed by atoms with Crippen molar-refractivity contribution < 1.29 is 9.00 Å². The second kappa shape index (κ2) is 6.16. The molecule has 2 amide bonds. The molecule has 0 aliphatic carbocycles. The van der Waals surface area contributed by atoms with E-state index in [1.807, 2.05) is 50.4 Å². The third kappa shape index (κ3) is 3.44. The van der Waals surface area contributed by atoms with Crippen LogP contribution < -0.4 is 5.32 Å². The lowest BCUT2D eigenvalue weighted by atomic mass is 10.2. The zero-order valence-electron chi connectivity index (χ0n) is 13.2. The summed E-state index contributed by atoms with van der Waals surface area (Å²) in [6.07, 6.45) is 3.58. The highest BCUT2D eigenvalue weighted by Crippen LogP contribution is 2.21. The van der Waals surface area contributed by atoms with Gasteiger partial charge in [-0.05, 0) is 44.2 Å². The van der Waals surface area contributed by atoms with Crippen molar-refractivity contribution in [2.45, 2.75) is 18.6 Å². The normalized spacial score (nSPS) is 20.3. The van der Waals surface area contributed by atoms with Crippen molar-refractivity contribution in [1.29, 1.82) is 0 Å². The van der Waals surface area contributed by atoms with Gasteiger partial charge in [0.1, 0.15) is 0 Å². The van der Waals surface area contributed by atoms with Crippen molar-refractivity contribution in [3.8, 4) is 5.69 Å². The van der Waals surface area contributed by atoms with Crippen molar-refractivity contribution in [1.82, 2.24) is 14.7 Å². The molecular formula is C16H20N4O2S. The second-order valence-electron chi connectivity index (χ2n) is 6.16. The Hall–Kier alpha value is -2.15.